The number of hydrogen-bond donors (Lipinski definition) is 1. The van der Waals surface area contributed by atoms with Crippen LogP contribution >= 0.6 is 23.2 Å². The number of anilines is 1. The molecule has 1 amide bonds. The van der Waals surface area contributed by atoms with Gasteiger partial charge in [0.05, 0.1) is 22.0 Å². The van der Waals surface area contributed by atoms with Crippen LogP contribution in [0.4, 0.5) is 5.69 Å². The third kappa shape index (κ3) is 5.23. The number of rotatable bonds is 5. The van der Waals surface area contributed by atoms with Gasteiger partial charge in [-0.3, -0.25) is 9.10 Å². The van der Waals surface area contributed by atoms with Crippen LogP contribution in [0.15, 0.2) is 18.2 Å². The number of nitrogens with one attached hydrogen (secondary N) is 1. The van der Waals surface area contributed by atoms with Gasteiger partial charge in [-0.2, -0.15) is 0 Å². The van der Waals surface area contributed by atoms with Gasteiger partial charge in [0.2, 0.25) is 15.9 Å². The normalized spacial score (nSPS) is 18.0. The second-order valence-corrected chi connectivity index (χ2v) is 9.09. The summed E-state index contributed by atoms with van der Waals surface area (Å²) in [6.07, 6.45) is 2.76. The average Bonchev–Trinajstić information content (AvgIpc) is 2.51. The van der Waals surface area contributed by atoms with Crippen molar-refractivity contribution >= 4 is 44.8 Å². The number of piperidine rings is 1. The van der Waals surface area contributed by atoms with Crippen LogP contribution in [0, 0.1) is 0 Å². The predicted molar refractivity (Wildman–Crippen MR) is 102 cm³/mol. The molecule has 1 atom stereocenters. The largest absolute Gasteiger partial charge is 0.351 e. The third-order valence-corrected chi connectivity index (χ3v) is 6.29. The van der Waals surface area contributed by atoms with Crippen LogP contribution in [0.2, 0.25) is 10.0 Å². The van der Waals surface area contributed by atoms with Crippen LogP contribution in [0.25, 0.3) is 0 Å². The minimum Gasteiger partial charge on any atom is -0.351 e. The van der Waals surface area contributed by atoms with Crippen molar-refractivity contribution in [2.75, 3.05) is 30.7 Å². The summed E-state index contributed by atoms with van der Waals surface area (Å²) in [7, 11) is -1.64. The molecule has 1 N–H and O–H groups in total. The monoisotopic (exact) mass is 407 g/mol. The van der Waals surface area contributed by atoms with Gasteiger partial charge in [0.1, 0.15) is 6.04 Å². The van der Waals surface area contributed by atoms with E-state index in [0.29, 0.717) is 10.7 Å². The molecule has 25 heavy (non-hydrogen) atoms. The number of carbonyl (C=O) groups excluding carboxylic acids is 1. The fraction of sp³-hybridized carbons (Fsp3) is 0.562. The van der Waals surface area contributed by atoms with Crippen molar-refractivity contribution in [2.24, 2.45) is 0 Å². The highest BCUT2D eigenvalue weighted by molar-refractivity contribution is 7.92. The van der Waals surface area contributed by atoms with Gasteiger partial charge in [-0.05, 0) is 58.1 Å². The predicted octanol–water partition coefficient (Wildman–Crippen LogP) is 2.36. The number of nitrogens with zero attached hydrogens (tertiary/aromatic N) is 2. The number of halogens is 2. The molecule has 0 bridgehead atoms. The quantitative estimate of drug-likeness (QED) is 0.812. The maximum Gasteiger partial charge on any atom is 0.243 e. The van der Waals surface area contributed by atoms with Gasteiger partial charge < -0.3 is 10.2 Å². The van der Waals surface area contributed by atoms with Gasteiger partial charge >= 0.3 is 0 Å². The van der Waals surface area contributed by atoms with E-state index in [0.717, 1.165) is 36.5 Å². The molecule has 1 fully saturated rings. The summed E-state index contributed by atoms with van der Waals surface area (Å²) in [4.78, 5) is 14.8. The Balaban J connectivity index is 2.19. The second-order valence-electron chi connectivity index (χ2n) is 6.42. The summed E-state index contributed by atoms with van der Waals surface area (Å²) in [5, 5.41) is 3.51. The molecule has 1 aromatic carbocycles. The fourth-order valence-corrected chi connectivity index (χ4v) is 4.36. The van der Waals surface area contributed by atoms with E-state index >= 15 is 0 Å². The molecule has 0 saturated carbocycles. The molecular formula is C16H23Cl2N3O3S. The summed E-state index contributed by atoms with van der Waals surface area (Å²) in [5.74, 6) is -0.328. The summed E-state index contributed by atoms with van der Waals surface area (Å²) >= 11 is 11.9. The van der Waals surface area contributed by atoms with Crippen LogP contribution in [0.1, 0.15) is 19.8 Å². The van der Waals surface area contributed by atoms with Crippen LogP contribution in [0.3, 0.4) is 0 Å². The van der Waals surface area contributed by atoms with Crippen molar-refractivity contribution in [3.8, 4) is 0 Å². The lowest BCUT2D eigenvalue weighted by atomic mass is 10.1. The van der Waals surface area contributed by atoms with E-state index in [9.17, 15) is 13.2 Å². The van der Waals surface area contributed by atoms with E-state index in [1.165, 1.54) is 18.2 Å². The Morgan fingerprint density at radius 1 is 1.28 bits per heavy atom. The number of amides is 1. The van der Waals surface area contributed by atoms with Gasteiger partial charge in [0, 0.05) is 6.04 Å². The Morgan fingerprint density at radius 3 is 2.40 bits per heavy atom. The van der Waals surface area contributed by atoms with Gasteiger partial charge in [-0.15, -0.1) is 0 Å². The summed E-state index contributed by atoms with van der Waals surface area (Å²) in [6, 6.07) is 3.66. The molecule has 0 aliphatic carbocycles. The van der Waals surface area contributed by atoms with Gasteiger partial charge in [-0.25, -0.2) is 8.42 Å². The van der Waals surface area contributed by atoms with Crippen molar-refractivity contribution in [3.05, 3.63) is 28.2 Å². The number of likely N-dealkylation sites (tertiary alicyclic amines) is 1. The molecular weight excluding hydrogens is 385 g/mol. The minimum absolute atomic E-state index is 0.0568. The number of carbonyl (C=O) groups is 1. The van der Waals surface area contributed by atoms with Crippen LogP contribution in [-0.2, 0) is 14.8 Å². The summed E-state index contributed by atoms with van der Waals surface area (Å²) in [6.45, 7) is 3.37. The van der Waals surface area contributed by atoms with Gasteiger partial charge in [0.15, 0.2) is 0 Å². The molecule has 1 aliphatic heterocycles. The molecule has 6 nitrogen and oxygen atoms in total. The first-order chi connectivity index (χ1) is 11.6. The first-order valence-corrected chi connectivity index (χ1v) is 10.6. The highest BCUT2D eigenvalue weighted by Crippen LogP contribution is 2.29. The molecule has 1 aliphatic rings. The molecule has 9 heteroatoms. The Bertz CT molecular complexity index is 734. The van der Waals surface area contributed by atoms with Crippen molar-refractivity contribution in [2.45, 2.75) is 31.8 Å². The zero-order valence-corrected chi connectivity index (χ0v) is 16.8. The topological polar surface area (TPSA) is 69.7 Å². The molecule has 2 rings (SSSR count). The van der Waals surface area contributed by atoms with Crippen molar-refractivity contribution in [1.29, 1.82) is 0 Å². The van der Waals surface area contributed by atoms with Crippen molar-refractivity contribution < 1.29 is 13.2 Å². The lowest BCUT2D eigenvalue weighted by Crippen LogP contribution is -2.52. The maximum atomic E-state index is 12.6. The highest BCUT2D eigenvalue weighted by Gasteiger charge is 2.31. The molecule has 0 spiro atoms. The number of hydrogen-bond acceptors (Lipinski definition) is 4. The minimum atomic E-state index is -3.68. The van der Waals surface area contributed by atoms with Gasteiger partial charge in [0.25, 0.3) is 0 Å². The van der Waals surface area contributed by atoms with Crippen LogP contribution in [0.5, 0.6) is 0 Å². The Labute approximate surface area is 159 Å². The lowest BCUT2D eigenvalue weighted by molar-refractivity contribution is -0.122. The lowest BCUT2D eigenvalue weighted by Gasteiger charge is -2.33. The van der Waals surface area contributed by atoms with E-state index in [1.807, 2.05) is 7.05 Å². The maximum absolute atomic E-state index is 12.6. The molecule has 140 valence electrons. The first kappa shape index (κ1) is 20.3. The Kier molecular flexibility index (Phi) is 6.59. The Morgan fingerprint density at radius 2 is 1.88 bits per heavy atom. The molecule has 1 saturated heterocycles. The van der Waals surface area contributed by atoms with Crippen LogP contribution < -0.4 is 9.62 Å². The SMILES string of the molecule is C[C@@H](C(=O)NC1CCN(C)CC1)N(c1ccc(Cl)c(Cl)c1)S(C)(=O)=O. The van der Waals surface area contributed by atoms with E-state index in [1.54, 1.807) is 6.92 Å². The van der Waals surface area contributed by atoms with E-state index in [-0.39, 0.29) is 17.0 Å². The molecule has 1 aromatic rings. The molecule has 1 heterocycles. The zero-order chi connectivity index (χ0) is 18.8. The fourth-order valence-electron chi connectivity index (χ4n) is 2.91. The van der Waals surface area contributed by atoms with Crippen molar-refractivity contribution in [1.82, 2.24) is 10.2 Å². The highest BCUT2D eigenvalue weighted by atomic mass is 35.5. The van der Waals surface area contributed by atoms with E-state index in [2.05, 4.69) is 10.2 Å². The smallest absolute Gasteiger partial charge is 0.243 e. The van der Waals surface area contributed by atoms with Crippen molar-refractivity contribution in [3.63, 3.8) is 0 Å². The number of sulfonamides is 1. The summed E-state index contributed by atoms with van der Waals surface area (Å²) in [5.41, 5.74) is 0.308. The van der Waals surface area contributed by atoms with Crippen LogP contribution in [-0.4, -0.2) is 57.7 Å². The summed E-state index contributed by atoms with van der Waals surface area (Å²) < 4.78 is 25.6. The first-order valence-electron chi connectivity index (χ1n) is 8.03. The van der Waals surface area contributed by atoms with Gasteiger partial charge in [-0.1, -0.05) is 23.2 Å². The zero-order valence-electron chi connectivity index (χ0n) is 14.5. The molecule has 0 unspecified atom stereocenters. The molecule has 0 aromatic heterocycles. The standard InChI is InChI=1S/C16H23Cl2N3O3S/c1-11(16(22)19-12-6-8-20(2)9-7-12)21(25(3,23)24)13-4-5-14(17)15(18)10-13/h4-5,10-12H,6-9H2,1-3H3,(H,19,22)/t11-/m0/s1. The van der Waals surface area contributed by atoms with E-state index < -0.39 is 16.1 Å². The average molecular weight is 408 g/mol. The third-order valence-electron chi connectivity index (χ3n) is 4.31. The Hall–Kier alpha value is -1.02. The molecule has 0 radical (unpaired) electrons. The number of benzene rings is 1. The second kappa shape index (κ2) is 8.12. The van der Waals surface area contributed by atoms with E-state index in [4.69, 9.17) is 23.2 Å².